The van der Waals surface area contributed by atoms with E-state index in [4.69, 9.17) is 0 Å². The zero-order chi connectivity index (χ0) is 14.5. The molecule has 0 spiro atoms. The molecule has 0 aromatic carbocycles. The first-order chi connectivity index (χ1) is 8.84. The normalized spacial score (nSPS) is 11.6. The van der Waals surface area contributed by atoms with Gasteiger partial charge in [0.25, 0.3) is 5.91 Å². The maximum absolute atomic E-state index is 11.8. The van der Waals surface area contributed by atoms with Crippen LogP contribution in [-0.4, -0.2) is 30.5 Å². The SMILES string of the molecule is COC(=O)/C=C/CNC(=O)c1cnc(C(C)(C)C)s1. The minimum absolute atomic E-state index is 0.0615. The molecular formula is C13H18N2O3S. The number of esters is 1. The molecule has 0 radical (unpaired) electrons. The highest BCUT2D eigenvalue weighted by atomic mass is 32.1. The standard InChI is InChI=1S/C13H18N2O3S/c1-13(2,3)12-15-8-9(19-12)11(17)14-7-5-6-10(16)18-4/h5-6,8H,7H2,1-4H3,(H,14,17)/b6-5+. The third-order valence-corrected chi connectivity index (χ3v) is 3.63. The smallest absolute Gasteiger partial charge is 0.330 e. The van der Waals surface area contributed by atoms with Crippen LogP contribution in [0.4, 0.5) is 0 Å². The van der Waals surface area contributed by atoms with Crippen molar-refractivity contribution in [3.05, 3.63) is 28.2 Å². The molecule has 104 valence electrons. The van der Waals surface area contributed by atoms with Crippen molar-refractivity contribution in [2.75, 3.05) is 13.7 Å². The van der Waals surface area contributed by atoms with Crippen LogP contribution in [0.2, 0.25) is 0 Å². The van der Waals surface area contributed by atoms with Crippen LogP contribution in [-0.2, 0) is 14.9 Å². The molecule has 6 heteroatoms. The van der Waals surface area contributed by atoms with Crippen molar-refractivity contribution in [1.29, 1.82) is 0 Å². The summed E-state index contributed by atoms with van der Waals surface area (Å²) in [5.41, 5.74) is -0.0615. The van der Waals surface area contributed by atoms with E-state index in [9.17, 15) is 9.59 Å². The first-order valence-corrected chi connectivity index (χ1v) is 6.65. The number of hydrogen-bond donors (Lipinski definition) is 1. The molecule has 1 N–H and O–H groups in total. The lowest BCUT2D eigenvalue weighted by molar-refractivity contribution is -0.134. The molecule has 1 heterocycles. The van der Waals surface area contributed by atoms with Crippen molar-refractivity contribution >= 4 is 23.2 Å². The van der Waals surface area contributed by atoms with E-state index in [0.717, 1.165) is 5.01 Å². The van der Waals surface area contributed by atoms with Crippen molar-refractivity contribution < 1.29 is 14.3 Å². The van der Waals surface area contributed by atoms with Gasteiger partial charge in [-0.2, -0.15) is 0 Å². The van der Waals surface area contributed by atoms with Gasteiger partial charge in [0.2, 0.25) is 0 Å². The van der Waals surface area contributed by atoms with E-state index in [1.807, 2.05) is 20.8 Å². The van der Waals surface area contributed by atoms with Crippen LogP contribution >= 0.6 is 11.3 Å². The van der Waals surface area contributed by atoms with E-state index >= 15 is 0 Å². The van der Waals surface area contributed by atoms with Gasteiger partial charge >= 0.3 is 5.97 Å². The summed E-state index contributed by atoms with van der Waals surface area (Å²) < 4.78 is 4.44. The van der Waals surface area contributed by atoms with Crippen LogP contribution in [0.25, 0.3) is 0 Å². The van der Waals surface area contributed by atoms with Gasteiger partial charge < -0.3 is 10.1 Å². The molecule has 0 saturated heterocycles. The van der Waals surface area contributed by atoms with Gasteiger partial charge in [-0.15, -0.1) is 11.3 Å². The predicted octanol–water partition coefficient (Wildman–Crippen LogP) is 1.90. The fraction of sp³-hybridized carbons (Fsp3) is 0.462. The van der Waals surface area contributed by atoms with Crippen LogP contribution in [0.1, 0.15) is 35.5 Å². The third kappa shape index (κ3) is 4.82. The van der Waals surface area contributed by atoms with Crippen LogP contribution in [0.5, 0.6) is 0 Å². The van der Waals surface area contributed by atoms with Gasteiger partial charge in [0.1, 0.15) is 4.88 Å². The van der Waals surface area contributed by atoms with Crippen molar-refractivity contribution in [3.63, 3.8) is 0 Å². The van der Waals surface area contributed by atoms with E-state index in [2.05, 4.69) is 15.0 Å². The summed E-state index contributed by atoms with van der Waals surface area (Å²) in [6, 6.07) is 0. The van der Waals surface area contributed by atoms with E-state index in [1.54, 1.807) is 6.20 Å². The second-order valence-corrected chi connectivity index (χ2v) is 5.95. The number of carbonyl (C=O) groups is 2. The largest absolute Gasteiger partial charge is 0.466 e. The van der Waals surface area contributed by atoms with Crippen LogP contribution in [0.3, 0.4) is 0 Å². The van der Waals surface area contributed by atoms with Crippen LogP contribution in [0.15, 0.2) is 18.3 Å². The Kier molecular flexibility index (Phi) is 5.23. The van der Waals surface area contributed by atoms with E-state index < -0.39 is 5.97 Å². The lowest BCUT2D eigenvalue weighted by atomic mass is 9.98. The van der Waals surface area contributed by atoms with Gasteiger partial charge in [-0.1, -0.05) is 26.8 Å². The zero-order valence-electron chi connectivity index (χ0n) is 11.5. The number of aromatic nitrogens is 1. The Labute approximate surface area is 116 Å². The summed E-state index contributed by atoms with van der Waals surface area (Å²) in [7, 11) is 1.30. The molecule has 1 aromatic rings. The van der Waals surface area contributed by atoms with E-state index in [1.165, 1.54) is 30.6 Å². The number of amides is 1. The average molecular weight is 282 g/mol. The molecule has 0 unspecified atom stereocenters. The molecule has 0 aliphatic heterocycles. The van der Waals surface area contributed by atoms with Gasteiger partial charge in [-0.3, -0.25) is 4.79 Å². The molecule has 0 bridgehead atoms. The molecule has 1 amide bonds. The number of hydrogen-bond acceptors (Lipinski definition) is 5. The third-order valence-electron chi connectivity index (χ3n) is 2.21. The number of nitrogens with zero attached hydrogens (tertiary/aromatic N) is 1. The summed E-state index contributed by atoms with van der Waals surface area (Å²) in [5, 5.41) is 3.60. The number of ether oxygens (including phenoxy) is 1. The van der Waals surface area contributed by atoms with Gasteiger partial charge in [0, 0.05) is 18.0 Å². The van der Waals surface area contributed by atoms with Gasteiger partial charge in [-0.25, -0.2) is 9.78 Å². The lowest BCUT2D eigenvalue weighted by Gasteiger charge is -2.13. The highest BCUT2D eigenvalue weighted by Gasteiger charge is 2.19. The Bertz CT molecular complexity index is 486. The number of thiazole rings is 1. The lowest BCUT2D eigenvalue weighted by Crippen LogP contribution is -2.22. The Balaban J connectivity index is 2.53. The van der Waals surface area contributed by atoms with Crippen molar-refractivity contribution in [1.82, 2.24) is 10.3 Å². The summed E-state index contributed by atoms with van der Waals surface area (Å²) in [6.45, 7) is 6.42. The minimum Gasteiger partial charge on any atom is -0.466 e. The fourth-order valence-electron chi connectivity index (χ4n) is 1.19. The highest BCUT2D eigenvalue weighted by Crippen LogP contribution is 2.26. The second kappa shape index (κ2) is 6.47. The van der Waals surface area contributed by atoms with Crippen LogP contribution < -0.4 is 5.32 Å². The summed E-state index contributed by atoms with van der Waals surface area (Å²) in [4.78, 5) is 27.4. The Morgan fingerprint density at radius 2 is 2.16 bits per heavy atom. The molecule has 1 rings (SSSR count). The van der Waals surface area contributed by atoms with Gasteiger partial charge in [-0.05, 0) is 0 Å². The number of carbonyl (C=O) groups excluding carboxylic acids is 2. The minimum atomic E-state index is -0.443. The molecule has 0 atom stereocenters. The quantitative estimate of drug-likeness (QED) is 0.676. The monoisotopic (exact) mass is 282 g/mol. The first kappa shape index (κ1) is 15.4. The van der Waals surface area contributed by atoms with Crippen molar-refractivity contribution in [2.45, 2.75) is 26.2 Å². The Morgan fingerprint density at radius 1 is 1.47 bits per heavy atom. The maximum Gasteiger partial charge on any atom is 0.330 e. The zero-order valence-corrected chi connectivity index (χ0v) is 12.3. The Hall–Kier alpha value is -1.69. The molecule has 0 aliphatic rings. The predicted molar refractivity (Wildman–Crippen MR) is 74.3 cm³/mol. The molecule has 0 aliphatic carbocycles. The van der Waals surface area contributed by atoms with Crippen LogP contribution in [0, 0.1) is 0 Å². The summed E-state index contributed by atoms with van der Waals surface area (Å²) >= 11 is 1.38. The first-order valence-electron chi connectivity index (χ1n) is 5.83. The van der Waals surface area contributed by atoms with E-state index in [-0.39, 0.29) is 17.9 Å². The molecule has 19 heavy (non-hydrogen) atoms. The number of methoxy groups -OCH3 is 1. The maximum atomic E-state index is 11.8. The number of nitrogens with one attached hydrogen (secondary N) is 1. The number of rotatable bonds is 4. The van der Waals surface area contributed by atoms with E-state index in [0.29, 0.717) is 4.88 Å². The molecule has 0 saturated carbocycles. The van der Waals surface area contributed by atoms with Gasteiger partial charge in [0.05, 0.1) is 18.3 Å². The van der Waals surface area contributed by atoms with Crippen molar-refractivity contribution in [3.8, 4) is 0 Å². The molecule has 5 nitrogen and oxygen atoms in total. The summed E-state index contributed by atoms with van der Waals surface area (Å²) in [5.74, 6) is -0.635. The topological polar surface area (TPSA) is 68.3 Å². The average Bonchev–Trinajstić information content (AvgIpc) is 2.83. The van der Waals surface area contributed by atoms with Crippen molar-refractivity contribution in [2.24, 2.45) is 0 Å². The second-order valence-electron chi connectivity index (χ2n) is 4.92. The summed E-state index contributed by atoms with van der Waals surface area (Å²) in [6.07, 6.45) is 4.38. The Morgan fingerprint density at radius 3 is 2.68 bits per heavy atom. The highest BCUT2D eigenvalue weighted by molar-refractivity contribution is 7.13. The molecule has 0 fully saturated rings. The molecule has 1 aromatic heterocycles. The molecular weight excluding hydrogens is 264 g/mol. The fourth-order valence-corrected chi connectivity index (χ4v) is 2.08. The van der Waals surface area contributed by atoms with Gasteiger partial charge in [0.15, 0.2) is 0 Å².